The fourth-order valence-corrected chi connectivity index (χ4v) is 4.92. The fraction of sp³-hybridized carbons (Fsp3) is 0.444. The Bertz CT molecular complexity index is 1100. The topological polar surface area (TPSA) is 96.2 Å². The van der Waals surface area contributed by atoms with Crippen LogP contribution in [0, 0.1) is 12.7 Å². The Kier molecular flexibility index (Phi) is 8.20. The van der Waals surface area contributed by atoms with Crippen LogP contribution in [-0.2, 0) is 27.5 Å². The predicted molar refractivity (Wildman–Crippen MR) is 132 cm³/mol. The fourth-order valence-electron chi connectivity index (χ4n) is 4.92. The van der Waals surface area contributed by atoms with Crippen LogP contribution in [0.3, 0.4) is 0 Å². The van der Waals surface area contributed by atoms with Gasteiger partial charge in [0, 0.05) is 19.5 Å². The van der Waals surface area contributed by atoms with E-state index in [0.717, 1.165) is 12.0 Å². The lowest BCUT2D eigenvalue weighted by Crippen LogP contribution is -2.71. The zero-order valence-electron chi connectivity index (χ0n) is 20.6. The third-order valence-electron chi connectivity index (χ3n) is 6.82. The average molecular weight is 497 g/mol. The summed E-state index contributed by atoms with van der Waals surface area (Å²) >= 11 is 0. The second kappa shape index (κ2) is 11.5. The molecule has 0 spiro atoms. The number of benzene rings is 2. The highest BCUT2D eigenvalue weighted by molar-refractivity contribution is 5.90. The van der Waals surface area contributed by atoms with Gasteiger partial charge in [-0.1, -0.05) is 36.4 Å². The van der Waals surface area contributed by atoms with Gasteiger partial charge in [0.25, 0.3) is 0 Å². The van der Waals surface area contributed by atoms with Gasteiger partial charge in [0.05, 0.1) is 6.54 Å². The predicted octanol–water partition coefficient (Wildman–Crippen LogP) is 3.17. The first-order chi connectivity index (χ1) is 17.4. The van der Waals surface area contributed by atoms with Crippen molar-refractivity contribution in [3.63, 3.8) is 0 Å². The van der Waals surface area contributed by atoms with Crippen molar-refractivity contribution < 1.29 is 23.5 Å². The molecule has 192 valence electrons. The van der Waals surface area contributed by atoms with Crippen molar-refractivity contribution in [3.8, 4) is 0 Å². The number of piperazine rings is 1. The van der Waals surface area contributed by atoms with Gasteiger partial charge in [0.2, 0.25) is 11.8 Å². The Labute approximate surface area is 210 Å². The standard InChI is InChI=1S/C27H33FN4O4/c1-19-15-21(10-11-22(19)28)18-36-27(35)31-14-12-25(33)32-23(9-5-6-13-29)26(34)30(17-24(31)32)16-20-7-3-2-4-8-20/h2-4,7-8,10-11,15,23-24H,5-6,9,12-14,16-18,29H2,1H3/t23-,24+/m0/s1. The van der Waals surface area contributed by atoms with Crippen molar-refractivity contribution in [1.29, 1.82) is 0 Å². The molecule has 3 amide bonds. The van der Waals surface area contributed by atoms with Gasteiger partial charge in [-0.25, -0.2) is 9.18 Å². The normalized spacial score (nSPS) is 19.9. The van der Waals surface area contributed by atoms with E-state index in [1.165, 1.54) is 11.0 Å². The van der Waals surface area contributed by atoms with Crippen molar-refractivity contribution in [2.45, 2.75) is 58.0 Å². The molecule has 0 aromatic heterocycles. The molecule has 2 aliphatic heterocycles. The summed E-state index contributed by atoms with van der Waals surface area (Å²) in [5.74, 6) is -0.567. The van der Waals surface area contributed by atoms with Gasteiger partial charge in [-0.3, -0.25) is 14.5 Å². The molecule has 0 bridgehead atoms. The zero-order valence-corrected chi connectivity index (χ0v) is 20.6. The molecule has 4 rings (SSSR count). The lowest BCUT2D eigenvalue weighted by molar-refractivity contribution is -0.169. The molecular weight excluding hydrogens is 463 g/mol. The first kappa shape index (κ1) is 25.6. The molecular formula is C27H33FN4O4. The Morgan fingerprint density at radius 1 is 1.11 bits per heavy atom. The third kappa shape index (κ3) is 5.67. The molecule has 2 aliphatic rings. The number of ether oxygens (including phenoxy) is 1. The number of aryl methyl sites for hydroxylation is 1. The smallest absolute Gasteiger partial charge is 0.411 e. The molecule has 2 heterocycles. The summed E-state index contributed by atoms with van der Waals surface area (Å²) in [5, 5.41) is 0. The molecule has 8 nitrogen and oxygen atoms in total. The number of rotatable bonds is 8. The van der Waals surface area contributed by atoms with E-state index in [-0.39, 0.29) is 43.7 Å². The van der Waals surface area contributed by atoms with E-state index in [1.807, 2.05) is 30.3 Å². The molecule has 2 saturated heterocycles. The third-order valence-corrected chi connectivity index (χ3v) is 6.82. The van der Waals surface area contributed by atoms with Gasteiger partial charge in [0.1, 0.15) is 24.6 Å². The van der Waals surface area contributed by atoms with E-state index >= 15 is 0 Å². The Morgan fingerprint density at radius 3 is 2.61 bits per heavy atom. The molecule has 2 fully saturated rings. The van der Waals surface area contributed by atoms with Gasteiger partial charge < -0.3 is 20.3 Å². The highest BCUT2D eigenvalue weighted by atomic mass is 19.1. The van der Waals surface area contributed by atoms with Crippen LogP contribution < -0.4 is 5.73 Å². The minimum absolute atomic E-state index is 0.0102. The highest BCUT2D eigenvalue weighted by Crippen LogP contribution is 2.29. The van der Waals surface area contributed by atoms with E-state index in [4.69, 9.17) is 10.5 Å². The number of hydrogen-bond acceptors (Lipinski definition) is 5. The van der Waals surface area contributed by atoms with Crippen LogP contribution in [0.5, 0.6) is 0 Å². The van der Waals surface area contributed by atoms with Crippen molar-refractivity contribution in [1.82, 2.24) is 14.7 Å². The van der Waals surface area contributed by atoms with Crippen molar-refractivity contribution in [2.75, 3.05) is 19.6 Å². The molecule has 0 saturated carbocycles. The van der Waals surface area contributed by atoms with E-state index in [9.17, 15) is 18.8 Å². The number of halogens is 1. The van der Waals surface area contributed by atoms with E-state index in [0.29, 0.717) is 37.1 Å². The second-order valence-corrected chi connectivity index (χ2v) is 9.37. The number of amides is 3. The average Bonchev–Trinajstić information content (AvgIpc) is 2.87. The number of fused-ring (bicyclic) bond motifs is 1. The molecule has 2 aromatic carbocycles. The summed E-state index contributed by atoms with van der Waals surface area (Å²) in [6, 6.07) is 13.6. The maximum absolute atomic E-state index is 13.6. The lowest BCUT2D eigenvalue weighted by Gasteiger charge is -2.52. The van der Waals surface area contributed by atoms with Gasteiger partial charge in [-0.2, -0.15) is 0 Å². The highest BCUT2D eigenvalue weighted by Gasteiger charge is 2.48. The Balaban J connectivity index is 1.54. The number of nitrogens with zero attached hydrogens (tertiary/aromatic N) is 3. The summed E-state index contributed by atoms with van der Waals surface area (Å²) in [5.41, 5.74) is 7.79. The van der Waals surface area contributed by atoms with E-state index < -0.39 is 18.3 Å². The number of carbonyl (C=O) groups excluding carboxylic acids is 3. The molecule has 0 aliphatic carbocycles. The minimum atomic E-state index is -0.651. The van der Waals surface area contributed by atoms with E-state index in [1.54, 1.807) is 28.9 Å². The maximum Gasteiger partial charge on any atom is 0.411 e. The number of nitrogens with two attached hydrogens (primary N) is 1. The number of hydrogen-bond donors (Lipinski definition) is 1. The van der Waals surface area contributed by atoms with Gasteiger partial charge in [-0.05, 0) is 61.6 Å². The molecule has 9 heteroatoms. The maximum atomic E-state index is 13.6. The van der Waals surface area contributed by atoms with Crippen LogP contribution in [0.15, 0.2) is 48.5 Å². The molecule has 2 N–H and O–H groups in total. The van der Waals surface area contributed by atoms with Crippen LogP contribution in [0.25, 0.3) is 0 Å². The molecule has 0 unspecified atom stereocenters. The summed E-state index contributed by atoms with van der Waals surface area (Å²) in [7, 11) is 0. The summed E-state index contributed by atoms with van der Waals surface area (Å²) < 4.78 is 19.2. The van der Waals surface area contributed by atoms with Crippen LogP contribution in [0.2, 0.25) is 0 Å². The van der Waals surface area contributed by atoms with Crippen LogP contribution in [0.1, 0.15) is 42.4 Å². The first-order valence-corrected chi connectivity index (χ1v) is 12.4. The largest absolute Gasteiger partial charge is 0.444 e. The van der Waals surface area contributed by atoms with Crippen molar-refractivity contribution in [3.05, 3.63) is 71.0 Å². The van der Waals surface area contributed by atoms with Gasteiger partial charge in [-0.15, -0.1) is 0 Å². The first-order valence-electron chi connectivity index (χ1n) is 12.4. The van der Waals surface area contributed by atoms with Crippen molar-refractivity contribution >= 4 is 17.9 Å². The number of unbranched alkanes of at least 4 members (excludes halogenated alkanes) is 1. The summed E-state index contributed by atoms with van der Waals surface area (Å²) in [6.07, 6.45) is 0.892. The monoisotopic (exact) mass is 496 g/mol. The summed E-state index contributed by atoms with van der Waals surface area (Å²) in [6.45, 7) is 2.96. The van der Waals surface area contributed by atoms with Crippen LogP contribution in [-0.4, -0.2) is 64.4 Å². The van der Waals surface area contributed by atoms with Crippen LogP contribution >= 0.6 is 0 Å². The van der Waals surface area contributed by atoms with Gasteiger partial charge >= 0.3 is 6.09 Å². The van der Waals surface area contributed by atoms with Crippen LogP contribution in [0.4, 0.5) is 9.18 Å². The Morgan fingerprint density at radius 2 is 1.89 bits per heavy atom. The second-order valence-electron chi connectivity index (χ2n) is 9.37. The van der Waals surface area contributed by atoms with Gasteiger partial charge in [0.15, 0.2) is 0 Å². The summed E-state index contributed by atoms with van der Waals surface area (Å²) in [4.78, 5) is 44.5. The molecule has 2 atom stereocenters. The minimum Gasteiger partial charge on any atom is -0.444 e. The lowest BCUT2D eigenvalue weighted by atomic mass is 9.98. The van der Waals surface area contributed by atoms with E-state index in [2.05, 4.69) is 0 Å². The van der Waals surface area contributed by atoms with Crippen molar-refractivity contribution in [2.24, 2.45) is 5.73 Å². The molecule has 0 radical (unpaired) electrons. The molecule has 2 aromatic rings. The molecule has 36 heavy (non-hydrogen) atoms. The quantitative estimate of drug-likeness (QED) is 0.567. The SMILES string of the molecule is Cc1cc(COC(=O)N2CCC(=O)N3[C@@H]2CN(Cc2ccccc2)C(=O)[C@@H]3CCCCN)ccc1F. The number of carbonyl (C=O) groups is 3. The zero-order chi connectivity index (χ0) is 25.7. The Hall–Kier alpha value is -3.46.